The smallest absolute Gasteiger partial charge is 0.0620 e. The summed E-state index contributed by atoms with van der Waals surface area (Å²) in [6.07, 6.45) is 1.00. The molecule has 0 fully saturated rings. The highest BCUT2D eigenvalue weighted by Crippen LogP contribution is 2.58. The molecule has 0 spiro atoms. The van der Waals surface area contributed by atoms with Crippen molar-refractivity contribution in [3.05, 3.63) is 125 Å². The third-order valence-electron chi connectivity index (χ3n) is 4.90. The lowest BCUT2D eigenvalue weighted by atomic mass is 10.2. The molecule has 0 aromatic heterocycles. The predicted molar refractivity (Wildman–Crippen MR) is 123 cm³/mol. The van der Waals surface area contributed by atoms with E-state index in [1.807, 2.05) is 0 Å². The van der Waals surface area contributed by atoms with Crippen molar-refractivity contribution in [1.29, 1.82) is 0 Å². The van der Waals surface area contributed by atoms with Crippen molar-refractivity contribution in [1.82, 2.24) is 0 Å². The van der Waals surface area contributed by atoms with E-state index < -0.39 is 7.26 Å². The van der Waals surface area contributed by atoms with Crippen LogP contribution < -0.4 is 15.9 Å². The molecular weight excluding hydrogens is 411 g/mol. The molecular formula is C25H21BrP+. The molecule has 0 amide bonds. The van der Waals surface area contributed by atoms with Crippen LogP contribution in [0.1, 0.15) is 5.56 Å². The second kappa shape index (κ2) is 8.21. The van der Waals surface area contributed by atoms with Gasteiger partial charge in [-0.05, 0) is 54.1 Å². The third-order valence-corrected chi connectivity index (χ3v) is 9.77. The molecule has 4 aromatic carbocycles. The number of hydrogen-bond acceptors (Lipinski definition) is 0. The van der Waals surface area contributed by atoms with Crippen LogP contribution in [0, 0.1) is 0 Å². The molecule has 2 heteroatoms. The minimum atomic E-state index is -1.82. The maximum Gasteiger partial charge on any atom is 0.116 e. The molecule has 0 unspecified atom stereocenters. The van der Waals surface area contributed by atoms with E-state index in [0.717, 1.165) is 10.6 Å². The molecule has 0 heterocycles. The van der Waals surface area contributed by atoms with Crippen molar-refractivity contribution in [2.24, 2.45) is 0 Å². The zero-order chi connectivity index (χ0) is 18.5. The molecule has 0 nitrogen and oxygen atoms in total. The summed E-state index contributed by atoms with van der Waals surface area (Å²) in [5.41, 5.74) is 1.36. The van der Waals surface area contributed by atoms with Crippen molar-refractivity contribution >= 4 is 39.1 Å². The summed E-state index contributed by atoms with van der Waals surface area (Å²) < 4.78 is 1.13. The topological polar surface area (TPSA) is 0 Å². The van der Waals surface area contributed by atoms with Crippen LogP contribution in [-0.4, -0.2) is 0 Å². The summed E-state index contributed by atoms with van der Waals surface area (Å²) in [5.74, 6) is 0. The van der Waals surface area contributed by atoms with Crippen molar-refractivity contribution in [3.63, 3.8) is 0 Å². The first kappa shape index (κ1) is 18.2. The monoisotopic (exact) mass is 431 g/mol. The fourth-order valence-corrected chi connectivity index (χ4v) is 8.35. The Hall–Kier alpha value is -2.21. The number of rotatable bonds is 5. The number of hydrogen-bond donors (Lipinski definition) is 0. The first-order valence-corrected chi connectivity index (χ1v) is 11.9. The number of halogens is 1. The third kappa shape index (κ3) is 3.76. The van der Waals surface area contributed by atoms with E-state index in [1.54, 1.807) is 0 Å². The van der Waals surface area contributed by atoms with Crippen molar-refractivity contribution in [2.75, 3.05) is 0 Å². The lowest BCUT2D eigenvalue weighted by Gasteiger charge is -2.28. The first-order chi connectivity index (χ1) is 13.3. The average Bonchev–Trinajstić information content (AvgIpc) is 2.74. The van der Waals surface area contributed by atoms with E-state index in [0.29, 0.717) is 0 Å². The van der Waals surface area contributed by atoms with Gasteiger partial charge in [-0.2, -0.15) is 0 Å². The van der Waals surface area contributed by atoms with Gasteiger partial charge in [0.2, 0.25) is 0 Å². The Bertz CT molecular complexity index is 901. The van der Waals surface area contributed by atoms with Crippen LogP contribution in [0.25, 0.3) is 0 Å². The van der Waals surface area contributed by atoms with E-state index in [1.165, 1.54) is 21.5 Å². The molecule has 0 atom stereocenters. The standard InChI is InChI=1S/C25H21BrP/c26-22-12-10-11-21(19-22)20-27(23-13-4-1-5-14-23,24-15-6-2-7-16-24)25-17-8-3-9-18-25/h1-19H,20H2/q+1. The summed E-state index contributed by atoms with van der Waals surface area (Å²) in [4.78, 5) is 0. The Morgan fingerprint density at radius 1 is 0.519 bits per heavy atom. The van der Waals surface area contributed by atoms with Crippen LogP contribution >= 0.6 is 23.2 Å². The molecule has 0 saturated heterocycles. The van der Waals surface area contributed by atoms with Gasteiger partial charge < -0.3 is 0 Å². The zero-order valence-corrected chi connectivity index (χ0v) is 17.5. The lowest BCUT2D eigenvalue weighted by Crippen LogP contribution is -2.32. The van der Waals surface area contributed by atoms with Gasteiger partial charge in [0.25, 0.3) is 0 Å². The lowest BCUT2D eigenvalue weighted by molar-refractivity contribution is 1.38. The van der Waals surface area contributed by atoms with Crippen molar-refractivity contribution in [2.45, 2.75) is 6.16 Å². The SMILES string of the molecule is Brc1cccc(C[P+](c2ccccc2)(c2ccccc2)c2ccccc2)c1. The van der Waals surface area contributed by atoms with Crippen LogP contribution in [0.5, 0.6) is 0 Å². The Labute approximate surface area is 170 Å². The fraction of sp³-hybridized carbons (Fsp3) is 0.0400. The largest absolute Gasteiger partial charge is 0.116 e. The Kier molecular flexibility index (Phi) is 5.53. The molecule has 0 aliphatic carbocycles. The van der Waals surface area contributed by atoms with Gasteiger partial charge in [-0.1, -0.05) is 82.7 Å². The molecule has 132 valence electrons. The summed E-state index contributed by atoms with van der Waals surface area (Å²) in [5, 5.41) is 4.26. The van der Waals surface area contributed by atoms with Gasteiger partial charge in [-0.25, -0.2) is 0 Å². The fourth-order valence-electron chi connectivity index (χ4n) is 3.68. The minimum absolute atomic E-state index is 1.00. The maximum atomic E-state index is 3.65. The highest BCUT2D eigenvalue weighted by atomic mass is 79.9. The van der Waals surface area contributed by atoms with E-state index in [9.17, 15) is 0 Å². The second-order valence-corrected chi connectivity index (χ2v) is 11.0. The van der Waals surface area contributed by atoms with Crippen LogP contribution in [-0.2, 0) is 6.16 Å². The highest BCUT2D eigenvalue weighted by Gasteiger charge is 2.45. The highest BCUT2D eigenvalue weighted by molar-refractivity contribution is 9.10. The van der Waals surface area contributed by atoms with Crippen LogP contribution in [0.3, 0.4) is 0 Å². The van der Waals surface area contributed by atoms with Gasteiger partial charge in [-0.15, -0.1) is 0 Å². The average molecular weight is 432 g/mol. The minimum Gasteiger partial charge on any atom is -0.0620 e. The molecule has 0 radical (unpaired) electrons. The van der Waals surface area contributed by atoms with Gasteiger partial charge in [0.05, 0.1) is 6.16 Å². The first-order valence-electron chi connectivity index (χ1n) is 9.08. The molecule has 0 aliphatic rings. The molecule has 0 N–H and O–H groups in total. The molecule has 0 bridgehead atoms. The quantitative estimate of drug-likeness (QED) is 0.342. The molecule has 0 saturated carbocycles. The van der Waals surface area contributed by atoms with Crippen LogP contribution in [0.2, 0.25) is 0 Å². The van der Waals surface area contributed by atoms with Gasteiger partial charge in [-0.3, -0.25) is 0 Å². The van der Waals surface area contributed by atoms with Gasteiger partial charge in [0.15, 0.2) is 0 Å². The van der Waals surface area contributed by atoms with Gasteiger partial charge in [0, 0.05) is 4.47 Å². The van der Waals surface area contributed by atoms with Crippen molar-refractivity contribution in [3.8, 4) is 0 Å². The van der Waals surface area contributed by atoms with Crippen molar-refractivity contribution < 1.29 is 0 Å². The van der Waals surface area contributed by atoms with Gasteiger partial charge >= 0.3 is 0 Å². The molecule has 4 rings (SSSR count). The summed E-state index contributed by atoms with van der Waals surface area (Å²) in [6, 6.07) is 41.8. The van der Waals surface area contributed by atoms with Gasteiger partial charge in [0.1, 0.15) is 23.2 Å². The summed E-state index contributed by atoms with van der Waals surface area (Å²) in [7, 11) is -1.82. The Balaban J connectivity index is 2.00. The number of benzene rings is 4. The molecule has 0 aliphatic heterocycles. The van der Waals surface area contributed by atoms with E-state index in [4.69, 9.17) is 0 Å². The predicted octanol–water partition coefficient (Wildman–Crippen LogP) is 5.94. The second-order valence-electron chi connectivity index (χ2n) is 6.60. The van der Waals surface area contributed by atoms with E-state index in [-0.39, 0.29) is 0 Å². The summed E-state index contributed by atoms with van der Waals surface area (Å²) in [6.45, 7) is 0. The van der Waals surface area contributed by atoms with Crippen LogP contribution in [0.4, 0.5) is 0 Å². The molecule has 4 aromatic rings. The Morgan fingerprint density at radius 3 is 1.37 bits per heavy atom. The molecule has 27 heavy (non-hydrogen) atoms. The zero-order valence-electron chi connectivity index (χ0n) is 15.0. The van der Waals surface area contributed by atoms with E-state index >= 15 is 0 Å². The Morgan fingerprint density at radius 2 is 0.963 bits per heavy atom. The normalized spacial score (nSPS) is 11.3. The van der Waals surface area contributed by atoms with Crippen LogP contribution in [0.15, 0.2) is 120 Å². The maximum absolute atomic E-state index is 3.65. The van der Waals surface area contributed by atoms with E-state index in [2.05, 4.69) is 131 Å². The summed E-state index contributed by atoms with van der Waals surface area (Å²) >= 11 is 3.65.